The minimum absolute atomic E-state index is 0.0123. The number of rotatable bonds is 9. The number of imide groups is 1. The molecule has 3 amide bonds. The van der Waals surface area contributed by atoms with E-state index in [0.29, 0.717) is 19.4 Å². The molecule has 0 aliphatic carbocycles. The van der Waals surface area contributed by atoms with E-state index >= 15 is 0 Å². The lowest BCUT2D eigenvalue weighted by molar-refractivity contribution is -0.143. The molecule has 1 saturated heterocycles. The van der Waals surface area contributed by atoms with Crippen LogP contribution in [0.5, 0.6) is 11.5 Å². The summed E-state index contributed by atoms with van der Waals surface area (Å²) in [5.74, 6) is -1.17. The number of carbonyl (C=O) groups excluding carboxylic acids is 4. The summed E-state index contributed by atoms with van der Waals surface area (Å²) >= 11 is 16.7. The molecule has 0 bridgehead atoms. The molecule has 13 heteroatoms. The summed E-state index contributed by atoms with van der Waals surface area (Å²) in [5, 5.41) is 0. The normalized spacial score (nSPS) is 17.2. The number of nitrogens with zero attached hydrogens (tertiary/aromatic N) is 2. The predicted molar refractivity (Wildman–Crippen MR) is 132 cm³/mol. The smallest absolute Gasteiger partial charge is 0.421 e. The minimum atomic E-state index is -1.70. The van der Waals surface area contributed by atoms with E-state index in [1.807, 2.05) is 0 Å². The van der Waals surface area contributed by atoms with Gasteiger partial charge >= 0.3 is 12.1 Å². The van der Waals surface area contributed by atoms with Gasteiger partial charge in [0.2, 0.25) is 3.79 Å². The van der Waals surface area contributed by atoms with Crippen LogP contribution in [0, 0.1) is 0 Å². The highest BCUT2D eigenvalue weighted by molar-refractivity contribution is 6.67. The molecule has 1 atom stereocenters. The van der Waals surface area contributed by atoms with Gasteiger partial charge in [0.1, 0.15) is 19.3 Å². The molecule has 0 aromatic heterocycles. The van der Waals surface area contributed by atoms with Gasteiger partial charge in [-0.15, -0.1) is 0 Å². The molecule has 1 aromatic rings. The lowest BCUT2D eigenvalue weighted by atomic mass is 10.1. The Labute approximate surface area is 222 Å². The first-order chi connectivity index (χ1) is 17.1. The van der Waals surface area contributed by atoms with Crippen LogP contribution < -0.4 is 14.4 Å². The second-order valence-corrected chi connectivity index (χ2v) is 10.5. The summed E-state index contributed by atoms with van der Waals surface area (Å²) in [6.07, 6.45) is 1.73. The Kier molecular flexibility index (Phi) is 9.32. The zero-order valence-corrected chi connectivity index (χ0v) is 21.7. The lowest BCUT2D eigenvalue weighted by Gasteiger charge is -2.24. The van der Waals surface area contributed by atoms with Gasteiger partial charge in [-0.3, -0.25) is 14.4 Å². The van der Waals surface area contributed by atoms with Gasteiger partial charge in [0, 0.05) is 19.0 Å². The van der Waals surface area contributed by atoms with Crippen LogP contribution in [0.1, 0.15) is 36.0 Å². The molecule has 3 rings (SSSR count). The zero-order chi connectivity index (χ0) is 26.5. The summed E-state index contributed by atoms with van der Waals surface area (Å²) < 4.78 is 19.4. The maximum Gasteiger partial charge on any atom is 0.421 e. The van der Waals surface area contributed by atoms with Crippen molar-refractivity contribution in [2.45, 2.75) is 35.5 Å². The molecular weight excluding hydrogens is 539 g/mol. The van der Waals surface area contributed by atoms with E-state index < -0.39 is 33.7 Å². The number of amides is 3. The van der Waals surface area contributed by atoms with Crippen LogP contribution in [0.4, 0.5) is 10.5 Å². The molecule has 1 aromatic carbocycles. The van der Waals surface area contributed by atoms with E-state index in [1.54, 1.807) is 0 Å². The zero-order valence-electron chi connectivity index (χ0n) is 19.5. The number of anilines is 1. The highest BCUT2D eigenvalue weighted by Gasteiger charge is 2.45. The second-order valence-electron chi connectivity index (χ2n) is 7.94. The predicted octanol–water partition coefficient (Wildman–Crippen LogP) is 4.04. The number of carbonyl (C=O) groups is 4. The fourth-order valence-corrected chi connectivity index (χ4v) is 4.05. The van der Waals surface area contributed by atoms with Crippen molar-refractivity contribution in [1.82, 2.24) is 4.90 Å². The van der Waals surface area contributed by atoms with E-state index in [0.717, 1.165) is 4.90 Å². The molecule has 196 valence electrons. The Hall–Kier alpha value is -2.69. The quantitative estimate of drug-likeness (QED) is 0.192. The summed E-state index contributed by atoms with van der Waals surface area (Å²) in [4.78, 5) is 53.6. The van der Waals surface area contributed by atoms with E-state index in [2.05, 4.69) is 6.58 Å². The molecule has 2 aliphatic heterocycles. The Morgan fingerprint density at radius 2 is 1.94 bits per heavy atom. The van der Waals surface area contributed by atoms with Crippen molar-refractivity contribution in [2.24, 2.45) is 0 Å². The van der Waals surface area contributed by atoms with Crippen LogP contribution in [-0.2, 0) is 19.1 Å². The van der Waals surface area contributed by atoms with Crippen molar-refractivity contribution < 1.29 is 38.1 Å². The van der Waals surface area contributed by atoms with Crippen molar-refractivity contribution in [1.29, 1.82) is 0 Å². The Balaban J connectivity index is 1.84. The molecule has 0 saturated carbocycles. The highest BCUT2D eigenvalue weighted by atomic mass is 35.6. The van der Waals surface area contributed by atoms with E-state index in [4.69, 9.17) is 53.8 Å². The molecule has 0 unspecified atom stereocenters. The summed E-state index contributed by atoms with van der Waals surface area (Å²) in [7, 11) is 1.39. The number of hydrogen-bond acceptors (Lipinski definition) is 8. The Morgan fingerprint density at radius 3 is 2.61 bits per heavy atom. The Bertz CT molecular complexity index is 1040. The number of esters is 1. The van der Waals surface area contributed by atoms with E-state index in [9.17, 15) is 19.2 Å². The molecule has 2 aliphatic rings. The molecule has 0 N–H and O–H groups in total. The largest absolute Gasteiger partial charge is 0.493 e. The minimum Gasteiger partial charge on any atom is -0.493 e. The highest BCUT2D eigenvalue weighted by Crippen LogP contribution is 2.40. The first kappa shape index (κ1) is 27.9. The lowest BCUT2D eigenvalue weighted by Crippen LogP contribution is -2.47. The summed E-state index contributed by atoms with van der Waals surface area (Å²) in [6, 6.07) is 2.02. The molecular formula is C23H25Cl3N2O8. The van der Waals surface area contributed by atoms with Gasteiger partial charge in [-0.05, 0) is 25.3 Å². The second kappa shape index (κ2) is 12.0. The number of ether oxygens (including phenoxy) is 4. The number of fused-ring (bicyclic) bond motifs is 2. The van der Waals surface area contributed by atoms with Crippen LogP contribution in [0.3, 0.4) is 0 Å². The maximum atomic E-state index is 13.3. The van der Waals surface area contributed by atoms with E-state index in [-0.39, 0.29) is 55.4 Å². The van der Waals surface area contributed by atoms with Crippen LogP contribution in [0.25, 0.3) is 0 Å². The van der Waals surface area contributed by atoms with Gasteiger partial charge in [0.15, 0.2) is 11.5 Å². The van der Waals surface area contributed by atoms with Gasteiger partial charge in [-0.25, -0.2) is 9.69 Å². The van der Waals surface area contributed by atoms with E-state index in [1.165, 1.54) is 30.2 Å². The third-order valence-corrected chi connectivity index (χ3v) is 5.79. The fraction of sp³-hybridized carbons (Fsp3) is 0.478. The standard InChI is InChI=1S/C23H25Cl3N2O8/c1-3-9-35-22(32)28-16-12-18(34-10-5-7-19(29)36-13-23(24,25)26)17(33-2)11-14(16)20(30)27-8-4-6-15(27)21(28)31/h3,11-12,15H,1,4-10,13H2,2H3/t15-/m0/s1. The van der Waals surface area contributed by atoms with Gasteiger partial charge in [-0.2, -0.15) is 0 Å². The number of benzene rings is 1. The van der Waals surface area contributed by atoms with Crippen molar-refractivity contribution in [3.8, 4) is 11.5 Å². The molecule has 36 heavy (non-hydrogen) atoms. The Morgan fingerprint density at radius 1 is 1.19 bits per heavy atom. The molecule has 0 radical (unpaired) electrons. The first-order valence-corrected chi connectivity index (χ1v) is 12.2. The number of alkyl halides is 3. The third kappa shape index (κ3) is 6.54. The SMILES string of the molecule is C=CCOC(=O)N1C(=O)[C@@H]2CCCN2C(=O)c2cc(OC)c(OCCCC(=O)OCC(Cl)(Cl)Cl)cc21. The molecule has 10 nitrogen and oxygen atoms in total. The molecule has 1 fully saturated rings. The van der Waals surface area contributed by atoms with Crippen LogP contribution in [0.2, 0.25) is 0 Å². The third-order valence-electron chi connectivity index (χ3n) is 5.46. The average molecular weight is 564 g/mol. The van der Waals surface area contributed by atoms with Crippen molar-refractivity contribution >= 4 is 64.4 Å². The van der Waals surface area contributed by atoms with Crippen LogP contribution in [0.15, 0.2) is 24.8 Å². The number of hydrogen-bond donors (Lipinski definition) is 0. The van der Waals surface area contributed by atoms with Gasteiger partial charge in [0.25, 0.3) is 11.8 Å². The fourth-order valence-electron chi connectivity index (χ4n) is 3.88. The monoisotopic (exact) mass is 562 g/mol. The van der Waals surface area contributed by atoms with Gasteiger partial charge < -0.3 is 23.8 Å². The van der Waals surface area contributed by atoms with Crippen molar-refractivity contribution in [2.75, 3.05) is 38.4 Å². The maximum absolute atomic E-state index is 13.3. The average Bonchev–Trinajstić information content (AvgIpc) is 3.30. The summed E-state index contributed by atoms with van der Waals surface area (Å²) in [6.45, 7) is 3.45. The number of methoxy groups -OCH3 is 1. The first-order valence-electron chi connectivity index (χ1n) is 11.1. The van der Waals surface area contributed by atoms with Gasteiger partial charge in [-0.1, -0.05) is 47.5 Å². The van der Waals surface area contributed by atoms with Crippen molar-refractivity contribution in [3.63, 3.8) is 0 Å². The van der Waals surface area contributed by atoms with Crippen molar-refractivity contribution in [3.05, 3.63) is 30.4 Å². The number of halogens is 3. The molecule has 0 spiro atoms. The van der Waals surface area contributed by atoms with Crippen LogP contribution in [-0.4, -0.2) is 72.1 Å². The van der Waals surface area contributed by atoms with Gasteiger partial charge in [0.05, 0.1) is 25.0 Å². The summed E-state index contributed by atoms with van der Waals surface area (Å²) in [5.41, 5.74) is 0.120. The molecule has 2 heterocycles. The van der Waals surface area contributed by atoms with Crippen LogP contribution >= 0.6 is 34.8 Å². The topological polar surface area (TPSA) is 112 Å².